The first-order valence-corrected chi connectivity index (χ1v) is 10.8. The molecule has 12 heteroatoms. The number of imidazole rings is 1. The molecule has 180 valence electrons. The first-order valence-electron chi connectivity index (χ1n) is 10.8. The summed E-state index contributed by atoms with van der Waals surface area (Å²) in [6.45, 7) is 1.79. The minimum atomic E-state index is -0.911. The molecule has 0 bridgehead atoms. The van der Waals surface area contributed by atoms with E-state index in [1.54, 1.807) is 24.3 Å². The summed E-state index contributed by atoms with van der Waals surface area (Å²) in [5.74, 6) is -2.08. The highest BCUT2D eigenvalue weighted by Crippen LogP contribution is 2.08. The number of H-pyrrole nitrogens is 1. The van der Waals surface area contributed by atoms with E-state index >= 15 is 0 Å². The number of nitrogens with one attached hydrogen (secondary N) is 2. The van der Waals surface area contributed by atoms with E-state index < -0.39 is 30.3 Å². The Balaban J connectivity index is 1.89. The quantitative estimate of drug-likeness (QED) is 0.296. The smallest absolute Gasteiger partial charge is 0.410 e. The Hall–Kier alpha value is -4.06. The number of nitrogens with two attached hydrogens (primary N) is 1. The van der Waals surface area contributed by atoms with Crippen molar-refractivity contribution < 1.29 is 23.9 Å². The molecule has 1 aromatic carbocycles. The first kappa shape index (κ1) is 24.6. The second-order valence-electron chi connectivity index (χ2n) is 7.35. The lowest BCUT2D eigenvalue weighted by atomic mass is 10.2. The maximum atomic E-state index is 13.2. The van der Waals surface area contributed by atoms with Gasteiger partial charge >= 0.3 is 12.1 Å². The van der Waals surface area contributed by atoms with Crippen LogP contribution in [-0.4, -0.2) is 68.6 Å². The Kier molecular flexibility index (Phi) is 8.46. The molecule has 0 atom stereocenters. The zero-order chi connectivity index (χ0) is 24.5. The maximum absolute atomic E-state index is 13.2. The molecule has 0 aliphatic heterocycles. The fourth-order valence-electron chi connectivity index (χ4n) is 3.10. The number of carbonyl (C=O) groups is 3. The summed E-state index contributed by atoms with van der Waals surface area (Å²) in [5, 5.41) is 8.47. The molecule has 3 rings (SSSR count). The van der Waals surface area contributed by atoms with E-state index in [1.807, 2.05) is 13.0 Å². The molecule has 0 radical (unpaired) electrons. The van der Waals surface area contributed by atoms with E-state index in [1.165, 1.54) is 6.33 Å². The SMILES string of the molecule is CCCCOC(=O)N(CCN)CC(=O)n1c(C(=O)OCc2ccccc2)nc2nc[nH]c2c1=N. The summed E-state index contributed by atoms with van der Waals surface area (Å²) < 4.78 is 11.3. The molecule has 0 saturated carbocycles. The Morgan fingerprint density at radius 1 is 1.21 bits per heavy atom. The van der Waals surface area contributed by atoms with Crippen molar-refractivity contribution in [1.29, 1.82) is 5.41 Å². The van der Waals surface area contributed by atoms with Gasteiger partial charge in [0.25, 0.3) is 5.91 Å². The minimum absolute atomic E-state index is 0.0511. The van der Waals surface area contributed by atoms with Gasteiger partial charge in [-0.15, -0.1) is 0 Å². The fourth-order valence-corrected chi connectivity index (χ4v) is 3.10. The number of ether oxygens (including phenoxy) is 2. The number of unbranched alkanes of at least 4 members (excludes halogenated alkanes) is 1. The van der Waals surface area contributed by atoms with Crippen LogP contribution in [0.25, 0.3) is 11.2 Å². The highest BCUT2D eigenvalue weighted by Gasteiger charge is 2.26. The summed E-state index contributed by atoms with van der Waals surface area (Å²) >= 11 is 0. The molecule has 0 aliphatic carbocycles. The van der Waals surface area contributed by atoms with E-state index in [2.05, 4.69) is 15.0 Å². The summed E-state index contributed by atoms with van der Waals surface area (Å²) in [6.07, 6.45) is 2.11. The lowest BCUT2D eigenvalue weighted by Crippen LogP contribution is -2.44. The lowest BCUT2D eigenvalue weighted by molar-refractivity contribution is 0.0443. The van der Waals surface area contributed by atoms with Crippen LogP contribution in [0.3, 0.4) is 0 Å². The van der Waals surface area contributed by atoms with Gasteiger partial charge in [0.2, 0.25) is 5.82 Å². The summed E-state index contributed by atoms with van der Waals surface area (Å²) in [6, 6.07) is 8.99. The maximum Gasteiger partial charge on any atom is 0.410 e. The highest BCUT2D eigenvalue weighted by atomic mass is 16.6. The highest BCUT2D eigenvalue weighted by molar-refractivity contribution is 5.95. The molecule has 34 heavy (non-hydrogen) atoms. The number of aromatic amines is 1. The summed E-state index contributed by atoms with van der Waals surface area (Å²) in [7, 11) is 0. The van der Waals surface area contributed by atoms with Gasteiger partial charge in [0, 0.05) is 13.1 Å². The van der Waals surface area contributed by atoms with Gasteiger partial charge in [-0.1, -0.05) is 43.7 Å². The molecule has 0 saturated heterocycles. The molecule has 2 aromatic heterocycles. The average molecular weight is 470 g/mol. The van der Waals surface area contributed by atoms with Gasteiger partial charge in [-0.3, -0.25) is 15.1 Å². The van der Waals surface area contributed by atoms with Crippen molar-refractivity contribution in [2.45, 2.75) is 26.4 Å². The molecule has 0 aliphatic rings. The van der Waals surface area contributed by atoms with Gasteiger partial charge in [-0.2, -0.15) is 0 Å². The van der Waals surface area contributed by atoms with Crippen LogP contribution in [0.15, 0.2) is 36.7 Å². The third kappa shape index (κ3) is 5.84. The number of fused-ring (bicyclic) bond motifs is 1. The van der Waals surface area contributed by atoms with Crippen LogP contribution in [-0.2, 0) is 16.1 Å². The lowest BCUT2D eigenvalue weighted by Gasteiger charge is -2.21. The number of rotatable bonds is 10. The molecule has 2 heterocycles. The molecule has 0 spiro atoms. The van der Waals surface area contributed by atoms with Gasteiger partial charge in [0.05, 0.1) is 12.9 Å². The van der Waals surface area contributed by atoms with Crippen LogP contribution >= 0.6 is 0 Å². The predicted octanol–water partition coefficient (Wildman–Crippen LogP) is 1.43. The predicted molar refractivity (Wildman–Crippen MR) is 121 cm³/mol. The minimum Gasteiger partial charge on any atom is -0.455 e. The van der Waals surface area contributed by atoms with Crippen molar-refractivity contribution in [3.05, 3.63) is 53.5 Å². The third-order valence-corrected chi connectivity index (χ3v) is 4.85. The second kappa shape index (κ2) is 11.7. The Bertz CT molecular complexity index is 1210. The molecule has 12 nitrogen and oxygen atoms in total. The van der Waals surface area contributed by atoms with Gasteiger partial charge in [0.1, 0.15) is 18.7 Å². The number of nitrogens with zero attached hydrogens (tertiary/aromatic N) is 4. The zero-order valence-electron chi connectivity index (χ0n) is 18.8. The zero-order valence-corrected chi connectivity index (χ0v) is 18.8. The van der Waals surface area contributed by atoms with Gasteiger partial charge in [-0.25, -0.2) is 24.1 Å². The van der Waals surface area contributed by atoms with Crippen molar-refractivity contribution in [3.8, 4) is 0 Å². The number of esters is 1. The van der Waals surface area contributed by atoms with Crippen LogP contribution in [0.2, 0.25) is 0 Å². The van der Waals surface area contributed by atoms with Crippen LogP contribution in [0.4, 0.5) is 4.79 Å². The van der Waals surface area contributed by atoms with Crippen molar-refractivity contribution >= 4 is 29.1 Å². The summed E-state index contributed by atoms with van der Waals surface area (Å²) in [4.78, 5) is 50.5. The molecule has 1 amide bonds. The van der Waals surface area contributed by atoms with Crippen molar-refractivity contribution in [1.82, 2.24) is 24.4 Å². The van der Waals surface area contributed by atoms with Crippen molar-refractivity contribution in [2.75, 3.05) is 26.2 Å². The molecule has 0 fully saturated rings. The molecular weight excluding hydrogens is 442 g/mol. The number of hydrogen-bond acceptors (Lipinski definition) is 9. The number of benzene rings is 1. The molecule has 3 aromatic rings. The van der Waals surface area contributed by atoms with Crippen LogP contribution < -0.4 is 11.2 Å². The van der Waals surface area contributed by atoms with Crippen molar-refractivity contribution in [3.63, 3.8) is 0 Å². The van der Waals surface area contributed by atoms with E-state index in [9.17, 15) is 14.4 Å². The first-order chi connectivity index (χ1) is 16.5. The van der Waals surface area contributed by atoms with Crippen molar-refractivity contribution in [2.24, 2.45) is 5.73 Å². The Morgan fingerprint density at radius 2 is 1.97 bits per heavy atom. The van der Waals surface area contributed by atoms with E-state index in [-0.39, 0.29) is 43.0 Å². The number of hydrogen-bond donors (Lipinski definition) is 3. The van der Waals surface area contributed by atoms with E-state index in [0.717, 1.165) is 21.5 Å². The Morgan fingerprint density at radius 3 is 2.68 bits per heavy atom. The van der Waals surface area contributed by atoms with E-state index in [0.29, 0.717) is 6.42 Å². The fraction of sp³-hybridized carbons (Fsp3) is 0.364. The largest absolute Gasteiger partial charge is 0.455 e. The normalized spacial score (nSPS) is 10.8. The second-order valence-corrected chi connectivity index (χ2v) is 7.35. The average Bonchev–Trinajstić information content (AvgIpc) is 3.32. The van der Waals surface area contributed by atoms with Crippen LogP contribution in [0.5, 0.6) is 0 Å². The Labute approximate surface area is 195 Å². The van der Waals surface area contributed by atoms with E-state index in [4.69, 9.17) is 20.6 Å². The number of carbonyl (C=O) groups excluding carboxylic acids is 3. The topological polar surface area (TPSA) is 169 Å². The standard InChI is InChI=1S/C22H27N7O5/c1-2-3-11-33-22(32)28(10-9-23)12-16(30)29-18(24)17-19(26-14-25-17)27-20(29)21(31)34-13-15-7-5-4-6-8-15/h4-8,14,24H,2-3,9-13,23H2,1H3,(H,25,26). The monoisotopic (exact) mass is 469 g/mol. The van der Waals surface area contributed by atoms with Gasteiger partial charge in [-0.05, 0) is 12.0 Å². The molecular formula is C22H27N7O5. The third-order valence-electron chi connectivity index (χ3n) is 4.85. The van der Waals surface area contributed by atoms with Crippen LogP contribution in [0, 0.1) is 5.41 Å². The molecule has 0 unspecified atom stereocenters. The number of aromatic nitrogens is 4. The molecule has 4 N–H and O–H groups in total. The van der Waals surface area contributed by atoms with Gasteiger partial charge < -0.3 is 20.2 Å². The van der Waals surface area contributed by atoms with Crippen LogP contribution in [0.1, 0.15) is 40.7 Å². The number of amides is 1. The summed E-state index contributed by atoms with van der Waals surface area (Å²) in [5.41, 5.74) is 6.23. The van der Waals surface area contributed by atoms with Gasteiger partial charge in [0.15, 0.2) is 11.1 Å².